The Bertz CT molecular complexity index is 2350. The van der Waals surface area contributed by atoms with Gasteiger partial charge in [-0.05, 0) is 128 Å². The van der Waals surface area contributed by atoms with E-state index < -0.39 is 97.5 Å². The van der Waals surface area contributed by atoms with Crippen molar-refractivity contribution in [3.63, 3.8) is 0 Å². The first-order chi connectivity index (χ1) is 50.7. The minimum atomic E-state index is -4.98. The van der Waals surface area contributed by atoms with Crippen molar-refractivity contribution in [2.24, 2.45) is 0 Å². The van der Waals surface area contributed by atoms with Crippen LogP contribution in [0.2, 0.25) is 0 Å². The van der Waals surface area contributed by atoms with Gasteiger partial charge < -0.3 is 33.8 Å². The summed E-state index contributed by atoms with van der Waals surface area (Å²) in [5, 5.41) is 10.7. The van der Waals surface area contributed by atoms with Gasteiger partial charge in [-0.2, -0.15) is 0 Å². The number of unbranched alkanes of at least 4 members (excludes halogenated alkanes) is 36. The number of phosphoric ester groups is 2. The highest BCUT2D eigenvalue weighted by Gasteiger charge is 2.30. The molecule has 5 atom stereocenters. The minimum absolute atomic E-state index is 0.0802. The lowest BCUT2D eigenvalue weighted by Crippen LogP contribution is -2.30. The summed E-state index contributed by atoms with van der Waals surface area (Å²) >= 11 is 0. The molecule has 0 aliphatic heterocycles. The van der Waals surface area contributed by atoms with E-state index in [1.807, 2.05) is 0 Å². The zero-order valence-corrected chi connectivity index (χ0v) is 67.7. The number of ether oxygens (including phenoxy) is 4. The lowest BCUT2D eigenvalue weighted by Gasteiger charge is -2.21. The molecular weight excluding hydrogens is 1350 g/mol. The number of aliphatic hydroxyl groups excluding tert-OH is 1. The highest BCUT2D eigenvalue weighted by Crippen LogP contribution is 2.45. The molecule has 0 saturated carbocycles. The molecule has 0 spiro atoms. The van der Waals surface area contributed by atoms with Crippen molar-refractivity contribution in [3.8, 4) is 0 Å². The molecule has 5 unspecified atom stereocenters. The summed E-state index contributed by atoms with van der Waals surface area (Å²) in [6.45, 7) is 4.74. The van der Waals surface area contributed by atoms with E-state index in [-0.39, 0.29) is 25.7 Å². The Morgan fingerprint density at radius 1 is 0.279 bits per heavy atom. The van der Waals surface area contributed by atoms with Crippen LogP contribution in [0.3, 0.4) is 0 Å². The maximum atomic E-state index is 13.1. The Kier molecular flexibility index (Phi) is 74.2. The Labute approximate surface area is 633 Å². The second-order valence-corrected chi connectivity index (χ2v) is 30.6. The van der Waals surface area contributed by atoms with Gasteiger partial charge >= 0.3 is 39.5 Å². The molecule has 0 saturated heterocycles. The largest absolute Gasteiger partial charge is 0.472 e. The summed E-state index contributed by atoms with van der Waals surface area (Å²) < 4.78 is 68.7. The standard InChI is InChI=1S/C85H150O17P2/c1-5-9-13-17-21-25-29-33-36-38-39-41-44-47-50-54-58-62-66-70-83(88)95-75-80(101-84(89)71-67-63-59-55-51-45-32-28-24-20-16-12-8-4)77-99-103(91,92)97-73-79(86)74-98-104(93,94)100-78-81(102-85(90)72-68-64-60-56-52-48-42-35-31-27-23-19-15-11-7-3)76-96-82(87)69-65-61-57-53-49-46-43-40-37-34-30-26-22-18-14-10-6-2/h10,14,21-22,25-26,33-37,39,41-43,46,79-81,86H,5-9,11-13,15-20,23-24,27-32,38,40,44-45,47-78H2,1-4H3,(H,91,92)(H,93,94)/b14-10-,25-21-,26-22-,36-33-,37-34-,41-39-,42-35-,46-43-. The molecular formula is C85H150O17P2. The third-order valence-corrected chi connectivity index (χ3v) is 19.4. The predicted molar refractivity (Wildman–Crippen MR) is 427 cm³/mol. The van der Waals surface area contributed by atoms with Crippen molar-refractivity contribution in [1.82, 2.24) is 0 Å². The summed E-state index contributed by atoms with van der Waals surface area (Å²) in [4.78, 5) is 73.1. The Morgan fingerprint density at radius 2 is 0.500 bits per heavy atom. The molecule has 0 rings (SSSR count). The number of carbonyl (C=O) groups excluding carboxylic acids is 4. The van der Waals surface area contributed by atoms with Crippen molar-refractivity contribution in [3.05, 3.63) is 97.2 Å². The van der Waals surface area contributed by atoms with Gasteiger partial charge in [0.2, 0.25) is 0 Å². The second-order valence-electron chi connectivity index (χ2n) is 27.7. The molecule has 0 heterocycles. The fourth-order valence-electron chi connectivity index (χ4n) is 11.2. The van der Waals surface area contributed by atoms with Gasteiger partial charge in [-0.25, -0.2) is 9.13 Å². The van der Waals surface area contributed by atoms with Crippen LogP contribution in [0.25, 0.3) is 0 Å². The Morgan fingerprint density at radius 3 is 0.798 bits per heavy atom. The Hall–Kier alpha value is -4.02. The summed E-state index contributed by atoms with van der Waals surface area (Å²) in [5.74, 6) is -2.20. The highest BCUT2D eigenvalue weighted by molar-refractivity contribution is 7.47. The van der Waals surface area contributed by atoms with Crippen molar-refractivity contribution >= 4 is 39.5 Å². The minimum Gasteiger partial charge on any atom is -0.462 e. The van der Waals surface area contributed by atoms with Crippen LogP contribution in [0.5, 0.6) is 0 Å². The number of rotatable bonds is 78. The van der Waals surface area contributed by atoms with E-state index in [0.717, 1.165) is 173 Å². The average Bonchev–Trinajstić information content (AvgIpc) is 0.939. The summed E-state index contributed by atoms with van der Waals surface area (Å²) in [5.41, 5.74) is 0. The second kappa shape index (κ2) is 77.1. The van der Waals surface area contributed by atoms with Crippen LogP contribution in [0.1, 0.15) is 362 Å². The summed E-state index contributed by atoms with van der Waals surface area (Å²) in [7, 11) is -9.96. The summed E-state index contributed by atoms with van der Waals surface area (Å²) in [6, 6.07) is 0. The number of aliphatic hydroxyl groups is 1. The first-order valence-corrected chi connectivity index (χ1v) is 44.5. The fourth-order valence-corrected chi connectivity index (χ4v) is 12.8. The van der Waals surface area contributed by atoms with Gasteiger partial charge in [-0.1, -0.05) is 305 Å². The molecule has 0 aliphatic rings. The quantitative estimate of drug-likeness (QED) is 0.0169. The molecule has 19 heteroatoms. The lowest BCUT2D eigenvalue weighted by atomic mass is 10.0. The smallest absolute Gasteiger partial charge is 0.462 e. The third-order valence-electron chi connectivity index (χ3n) is 17.5. The van der Waals surface area contributed by atoms with Gasteiger partial charge in [0.25, 0.3) is 0 Å². The van der Waals surface area contributed by atoms with Crippen LogP contribution in [0.15, 0.2) is 97.2 Å². The van der Waals surface area contributed by atoms with Crippen LogP contribution in [0, 0.1) is 0 Å². The monoisotopic (exact) mass is 1510 g/mol. The van der Waals surface area contributed by atoms with Crippen LogP contribution in [-0.2, 0) is 65.4 Å². The predicted octanol–water partition coefficient (Wildman–Crippen LogP) is 24.3. The van der Waals surface area contributed by atoms with E-state index in [1.54, 1.807) is 0 Å². The highest BCUT2D eigenvalue weighted by atomic mass is 31.2. The van der Waals surface area contributed by atoms with Crippen LogP contribution in [-0.4, -0.2) is 96.7 Å². The van der Waals surface area contributed by atoms with Crippen molar-refractivity contribution in [1.29, 1.82) is 0 Å². The number of phosphoric acid groups is 2. The van der Waals surface area contributed by atoms with E-state index in [1.165, 1.54) is 109 Å². The molecule has 0 bridgehead atoms. The lowest BCUT2D eigenvalue weighted by molar-refractivity contribution is -0.161. The van der Waals surface area contributed by atoms with E-state index in [0.29, 0.717) is 25.7 Å². The van der Waals surface area contributed by atoms with Gasteiger partial charge in [0, 0.05) is 25.7 Å². The van der Waals surface area contributed by atoms with Gasteiger partial charge in [0.1, 0.15) is 19.3 Å². The van der Waals surface area contributed by atoms with Gasteiger partial charge in [0.05, 0.1) is 26.4 Å². The van der Waals surface area contributed by atoms with E-state index in [2.05, 4.69) is 125 Å². The molecule has 0 aromatic heterocycles. The van der Waals surface area contributed by atoms with Crippen LogP contribution < -0.4 is 0 Å². The first-order valence-electron chi connectivity index (χ1n) is 41.5. The maximum Gasteiger partial charge on any atom is 0.472 e. The zero-order chi connectivity index (χ0) is 76.0. The van der Waals surface area contributed by atoms with E-state index in [9.17, 15) is 43.2 Å². The first kappa shape index (κ1) is 100.0. The number of hydrogen-bond acceptors (Lipinski definition) is 15. The molecule has 0 amide bonds. The summed E-state index contributed by atoms with van der Waals surface area (Å²) in [6.07, 6.45) is 82.3. The van der Waals surface area contributed by atoms with E-state index in [4.69, 9.17) is 37.0 Å². The third kappa shape index (κ3) is 76.2. The van der Waals surface area contributed by atoms with E-state index >= 15 is 0 Å². The Balaban J connectivity index is 5.36. The van der Waals surface area contributed by atoms with Gasteiger partial charge in [-0.3, -0.25) is 37.3 Å². The average molecular weight is 1510 g/mol. The van der Waals surface area contributed by atoms with Crippen molar-refractivity contribution < 1.29 is 80.2 Å². The van der Waals surface area contributed by atoms with Crippen molar-refractivity contribution in [2.45, 2.75) is 380 Å². The molecule has 0 aromatic carbocycles. The fraction of sp³-hybridized carbons (Fsp3) is 0.765. The molecule has 17 nitrogen and oxygen atoms in total. The number of carbonyl (C=O) groups is 4. The molecule has 602 valence electrons. The SMILES string of the molecule is CC/C=C\C/C=C\C/C=C\C/C=C\CCCCCCC(=O)OCC(COP(=O)(O)OCC(O)COP(=O)(O)OCC(COC(=O)CCCCCCCC/C=C\C/C=C\C/C=C\CCCCC)OC(=O)CCCCCCCCCCCCCCC)OC(=O)CCCCCCC/C=C\CCCCCCCC. The number of hydrogen-bond donors (Lipinski definition) is 3. The zero-order valence-electron chi connectivity index (χ0n) is 65.9. The molecule has 0 fully saturated rings. The van der Waals surface area contributed by atoms with Gasteiger partial charge in [-0.15, -0.1) is 0 Å². The molecule has 0 radical (unpaired) electrons. The van der Waals surface area contributed by atoms with Gasteiger partial charge in [0.15, 0.2) is 12.2 Å². The normalized spacial score (nSPS) is 14.3. The molecule has 3 N–H and O–H groups in total. The molecule has 0 aromatic rings. The van der Waals surface area contributed by atoms with Crippen LogP contribution in [0.4, 0.5) is 0 Å². The maximum absolute atomic E-state index is 13.1. The molecule has 104 heavy (non-hydrogen) atoms. The number of esters is 4. The van der Waals surface area contributed by atoms with Crippen LogP contribution >= 0.6 is 15.6 Å². The number of allylic oxidation sites excluding steroid dienone is 16. The molecule has 0 aliphatic carbocycles. The van der Waals surface area contributed by atoms with Crippen molar-refractivity contribution in [2.75, 3.05) is 39.6 Å². The topological polar surface area (TPSA) is 237 Å².